The van der Waals surface area contributed by atoms with Crippen LogP contribution in [0, 0.1) is 6.92 Å². The van der Waals surface area contributed by atoms with Crippen LogP contribution in [-0.4, -0.2) is 37.0 Å². The lowest BCUT2D eigenvalue weighted by atomic mass is 10.0. The van der Waals surface area contributed by atoms with Gasteiger partial charge in [-0.2, -0.15) is 4.31 Å². The first-order chi connectivity index (χ1) is 9.04. The van der Waals surface area contributed by atoms with Crippen LogP contribution in [0.25, 0.3) is 0 Å². The van der Waals surface area contributed by atoms with E-state index in [0.717, 1.165) is 5.56 Å². The maximum Gasteiger partial charge on any atom is 0.243 e. The fourth-order valence-corrected chi connectivity index (χ4v) is 4.84. The molecule has 0 bridgehead atoms. The monoisotopic (exact) mass is 297 g/mol. The molecule has 1 aromatic rings. The van der Waals surface area contributed by atoms with Gasteiger partial charge in [0, 0.05) is 13.1 Å². The summed E-state index contributed by atoms with van der Waals surface area (Å²) in [6.45, 7) is 10.3. The van der Waals surface area contributed by atoms with Crippen LogP contribution in [0.1, 0.15) is 33.3 Å². The summed E-state index contributed by atoms with van der Waals surface area (Å²) in [5.74, 6) is 0. The van der Waals surface area contributed by atoms with Gasteiger partial charge in [-0.15, -0.1) is 0 Å². The summed E-state index contributed by atoms with van der Waals surface area (Å²) >= 11 is 0. The molecular weight excluding hydrogens is 274 g/mol. The molecule has 0 aliphatic carbocycles. The minimum Gasteiger partial charge on any atom is -0.367 e. The number of morpholine rings is 1. The van der Waals surface area contributed by atoms with Crippen molar-refractivity contribution in [2.45, 2.75) is 50.7 Å². The molecule has 0 atom stereocenters. The predicted molar refractivity (Wildman–Crippen MR) is 79.2 cm³/mol. The molecule has 112 valence electrons. The van der Waals surface area contributed by atoms with E-state index in [9.17, 15) is 8.42 Å². The van der Waals surface area contributed by atoms with E-state index in [1.165, 1.54) is 0 Å². The van der Waals surface area contributed by atoms with Crippen LogP contribution in [0.5, 0.6) is 0 Å². The van der Waals surface area contributed by atoms with Gasteiger partial charge >= 0.3 is 0 Å². The molecule has 0 unspecified atom stereocenters. The van der Waals surface area contributed by atoms with Gasteiger partial charge in [0.1, 0.15) is 0 Å². The Morgan fingerprint density at radius 2 is 1.55 bits per heavy atom. The van der Waals surface area contributed by atoms with E-state index in [0.29, 0.717) is 18.0 Å². The molecule has 1 aromatic carbocycles. The van der Waals surface area contributed by atoms with Crippen LogP contribution >= 0.6 is 0 Å². The molecule has 0 aromatic heterocycles. The van der Waals surface area contributed by atoms with Crippen molar-refractivity contribution < 1.29 is 13.2 Å². The second-order valence-electron chi connectivity index (χ2n) is 6.66. The van der Waals surface area contributed by atoms with Crippen LogP contribution in [0.4, 0.5) is 0 Å². The van der Waals surface area contributed by atoms with Gasteiger partial charge in [0.05, 0.1) is 16.1 Å². The van der Waals surface area contributed by atoms with Crippen molar-refractivity contribution in [3.63, 3.8) is 0 Å². The number of nitrogens with zero attached hydrogens (tertiary/aromatic N) is 1. The second-order valence-corrected chi connectivity index (χ2v) is 8.57. The number of aryl methyl sites for hydroxylation is 1. The number of benzene rings is 1. The minimum absolute atomic E-state index is 0.368. The highest BCUT2D eigenvalue weighted by atomic mass is 32.2. The van der Waals surface area contributed by atoms with Gasteiger partial charge in [-0.05, 0) is 46.2 Å². The standard InChI is InChI=1S/C15H23NO3S/c1-12-8-6-7-9-13(12)20(17,18)16-10-14(2,3)19-15(4,5)11-16/h6-9H,10-11H2,1-5H3. The van der Waals surface area contributed by atoms with Crippen molar-refractivity contribution in [1.29, 1.82) is 0 Å². The fraction of sp³-hybridized carbons (Fsp3) is 0.600. The van der Waals surface area contributed by atoms with Crippen LogP contribution < -0.4 is 0 Å². The molecule has 0 spiro atoms. The first kappa shape index (κ1) is 15.5. The molecule has 1 fully saturated rings. The Morgan fingerprint density at radius 3 is 2.05 bits per heavy atom. The molecule has 1 heterocycles. The molecule has 5 heteroatoms. The zero-order valence-electron chi connectivity index (χ0n) is 12.8. The van der Waals surface area contributed by atoms with E-state index in [2.05, 4.69) is 0 Å². The van der Waals surface area contributed by atoms with E-state index >= 15 is 0 Å². The maximum atomic E-state index is 12.9. The van der Waals surface area contributed by atoms with Gasteiger partial charge in [-0.3, -0.25) is 0 Å². The Balaban J connectivity index is 2.42. The largest absolute Gasteiger partial charge is 0.367 e. The summed E-state index contributed by atoms with van der Waals surface area (Å²) in [4.78, 5) is 0.383. The molecular formula is C15H23NO3S. The lowest BCUT2D eigenvalue weighted by Gasteiger charge is -2.46. The first-order valence-corrected chi connectivity index (χ1v) is 8.24. The SMILES string of the molecule is Cc1ccccc1S(=O)(=O)N1CC(C)(C)OC(C)(C)C1. The van der Waals surface area contributed by atoms with Gasteiger partial charge in [0.25, 0.3) is 0 Å². The average Bonchev–Trinajstić information content (AvgIpc) is 2.25. The predicted octanol–water partition coefficient (Wildman–Crippen LogP) is 2.57. The van der Waals surface area contributed by atoms with Crippen LogP contribution in [-0.2, 0) is 14.8 Å². The normalized spacial score (nSPS) is 22.6. The lowest BCUT2D eigenvalue weighted by Crippen LogP contribution is -2.58. The Kier molecular flexibility index (Phi) is 3.73. The third-order valence-corrected chi connectivity index (χ3v) is 5.33. The highest BCUT2D eigenvalue weighted by Crippen LogP contribution is 2.32. The van der Waals surface area contributed by atoms with Gasteiger partial charge in [0.15, 0.2) is 0 Å². The molecule has 0 N–H and O–H groups in total. The van der Waals surface area contributed by atoms with E-state index in [-0.39, 0.29) is 0 Å². The molecule has 0 amide bonds. The highest BCUT2D eigenvalue weighted by Gasteiger charge is 2.43. The zero-order valence-corrected chi connectivity index (χ0v) is 13.6. The fourth-order valence-electron chi connectivity index (χ4n) is 2.87. The quantitative estimate of drug-likeness (QED) is 0.843. The Bertz CT molecular complexity index is 589. The highest BCUT2D eigenvalue weighted by molar-refractivity contribution is 7.89. The van der Waals surface area contributed by atoms with Gasteiger partial charge < -0.3 is 4.74 Å². The second kappa shape index (κ2) is 4.83. The lowest BCUT2D eigenvalue weighted by molar-refractivity contribution is -0.163. The molecule has 20 heavy (non-hydrogen) atoms. The van der Waals surface area contributed by atoms with Crippen LogP contribution in [0.15, 0.2) is 29.2 Å². The van der Waals surface area contributed by atoms with Crippen molar-refractivity contribution in [3.05, 3.63) is 29.8 Å². The molecule has 1 aliphatic heterocycles. The molecule has 0 saturated carbocycles. The summed E-state index contributed by atoms with van der Waals surface area (Å²) in [7, 11) is -3.48. The zero-order chi connectivity index (χ0) is 15.2. The third-order valence-electron chi connectivity index (χ3n) is 3.38. The van der Waals surface area contributed by atoms with Gasteiger partial charge in [-0.25, -0.2) is 8.42 Å². The smallest absolute Gasteiger partial charge is 0.243 e. The van der Waals surface area contributed by atoms with Crippen LogP contribution in [0.3, 0.4) is 0 Å². The van der Waals surface area contributed by atoms with E-state index in [1.807, 2.05) is 46.8 Å². The molecule has 2 rings (SSSR count). The topological polar surface area (TPSA) is 46.6 Å². The van der Waals surface area contributed by atoms with Crippen molar-refractivity contribution in [2.24, 2.45) is 0 Å². The van der Waals surface area contributed by atoms with E-state index in [1.54, 1.807) is 16.4 Å². The Labute approximate surface area is 121 Å². The maximum absolute atomic E-state index is 12.9. The van der Waals surface area contributed by atoms with E-state index < -0.39 is 21.2 Å². The number of rotatable bonds is 2. The summed E-state index contributed by atoms with van der Waals surface area (Å²) in [5.41, 5.74) is -0.204. The molecule has 1 aliphatic rings. The minimum atomic E-state index is -3.48. The number of sulfonamides is 1. The average molecular weight is 297 g/mol. The van der Waals surface area contributed by atoms with E-state index in [4.69, 9.17) is 4.74 Å². The van der Waals surface area contributed by atoms with Crippen LogP contribution in [0.2, 0.25) is 0 Å². The van der Waals surface area contributed by atoms with Crippen molar-refractivity contribution in [2.75, 3.05) is 13.1 Å². The third kappa shape index (κ3) is 3.05. The molecule has 4 nitrogen and oxygen atoms in total. The summed E-state index contributed by atoms with van der Waals surface area (Å²) in [5, 5.41) is 0. The molecule has 1 saturated heterocycles. The van der Waals surface area contributed by atoms with Gasteiger partial charge in [-0.1, -0.05) is 18.2 Å². The van der Waals surface area contributed by atoms with Crippen molar-refractivity contribution in [3.8, 4) is 0 Å². The summed E-state index contributed by atoms with van der Waals surface area (Å²) in [6.07, 6.45) is 0. The number of hydrogen-bond acceptors (Lipinski definition) is 3. The number of ether oxygens (including phenoxy) is 1. The summed E-state index contributed by atoms with van der Waals surface area (Å²) in [6, 6.07) is 7.10. The van der Waals surface area contributed by atoms with Crippen molar-refractivity contribution in [1.82, 2.24) is 4.31 Å². The summed E-state index contributed by atoms with van der Waals surface area (Å²) < 4.78 is 33.2. The first-order valence-electron chi connectivity index (χ1n) is 6.80. The Hall–Kier alpha value is -0.910. The Morgan fingerprint density at radius 1 is 1.05 bits per heavy atom. The number of hydrogen-bond donors (Lipinski definition) is 0. The van der Waals surface area contributed by atoms with Gasteiger partial charge in [0.2, 0.25) is 10.0 Å². The van der Waals surface area contributed by atoms with Crippen molar-refractivity contribution >= 4 is 10.0 Å². The molecule has 0 radical (unpaired) electrons.